The third kappa shape index (κ3) is 3.13. The van der Waals surface area contributed by atoms with Gasteiger partial charge in [-0.3, -0.25) is 10.1 Å². The fourth-order valence-corrected chi connectivity index (χ4v) is 5.16. The van der Waals surface area contributed by atoms with Crippen molar-refractivity contribution in [3.63, 3.8) is 0 Å². The second kappa shape index (κ2) is 8.16. The molecule has 2 aliphatic rings. The Morgan fingerprint density at radius 2 is 1.56 bits per heavy atom. The molecular formula is C29H21N3O4. The maximum atomic E-state index is 14.0. The van der Waals surface area contributed by atoms with Gasteiger partial charge in [-0.15, -0.1) is 0 Å². The van der Waals surface area contributed by atoms with E-state index < -0.39 is 22.3 Å². The van der Waals surface area contributed by atoms with Gasteiger partial charge in [-0.25, -0.2) is 9.80 Å². The van der Waals surface area contributed by atoms with Crippen molar-refractivity contribution in [2.75, 3.05) is 5.01 Å². The topological polar surface area (TPSA) is 85.0 Å². The molecule has 4 aromatic rings. The number of carbonyl (C=O) groups excluding carboxylic acids is 1. The average molecular weight is 476 g/mol. The molecule has 2 heterocycles. The van der Waals surface area contributed by atoms with Gasteiger partial charge in [0.1, 0.15) is 5.75 Å². The van der Waals surface area contributed by atoms with Crippen molar-refractivity contribution in [1.29, 1.82) is 0 Å². The molecule has 1 spiro atoms. The van der Waals surface area contributed by atoms with Crippen LogP contribution in [0.25, 0.3) is 0 Å². The van der Waals surface area contributed by atoms with E-state index in [1.54, 1.807) is 23.2 Å². The first-order chi connectivity index (χ1) is 17.5. The molecule has 0 fully saturated rings. The molecule has 7 heteroatoms. The molecular weight excluding hydrogens is 454 g/mol. The molecule has 4 aromatic carbocycles. The van der Waals surface area contributed by atoms with Gasteiger partial charge in [0.25, 0.3) is 5.69 Å². The summed E-state index contributed by atoms with van der Waals surface area (Å²) in [6, 6.07) is 31.3. The van der Waals surface area contributed by atoms with Gasteiger partial charge in [0.2, 0.25) is 5.54 Å². The lowest BCUT2D eigenvalue weighted by Gasteiger charge is -2.36. The van der Waals surface area contributed by atoms with E-state index in [9.17, 15) is 14.9 Å². The second-order valence-corrected chi connectivity index (χ2v) is 8.93. The summed E-state index contributed by atoms with van der Waals surface area (Å²) in [4.78, 5) is 24.8. The summed E-state index contributed by atoms with van der Waals surface area (Å²) in [6.45, 7) is 2.01. The predicted molar refractivity (Wildman–Crippen MR) is 136 cm³/mol. The molecule has 0 aromatic heterocycles. The number of para-hydroxylation sites is 2. The Labute approximate surface area is 207 Å². The smallest absolute Gasteiger partial charge is 0.345 e. The summed E-state index contributed by atoms with van der Waals surface area (Å²) in [5.41, 5.74) is 3.48. The summed E-state index contributed by atoms with van der Waals surface area (Å²) >= 11 is 0. The number of nitro groups is 1. The quantitative estimate of drug-likeness (QED) is 0.163. The molecule has 0 bridgehead atoms. The van der Waals surface area contributed by atoms with Crippen LogP contribution in [-0.4, -0.2) is 16.6 Å². The monoisotopic (exact) mass is 475 g/mol. The van der Waals surface area contributed by atoms with Gasteiger partial charge in [0, 0.05) is 17.7 Å². The lowest BCUT2D eigenvalue weighted by molar-refractivity contribution is -0.384. The molecule has 0 saturated carbocycles. The van der Waals surface area contributed by atoms with E-state index in [1.165, 1.54) is 12.1 Å². The van der Waals surface area contributed by atoms with Crippen LogP contribution < -0.4 is 9.75 Å². The summed E-state index contributed by atoms with van der Waals surface area (Å²) < 4.78 is 5.86. The van der Waals surface area contributed by atoms with Crippen LogP contribution in [0, 0.1) is 17.0 Å². The van der Waals surface area contributed by atoms with Crippen LogP contribution in [0.5, 0.6) is 5.75 Å². The van der Waals surface area contributed by atoms with Crippen LogP contribution in [0.1, 0.15) is 28.2 Å². The highest BCUT2D eigenvalue weighted by Crippen LogP contribution is 2.56. The molecule has 7 nitrogen and oxygen atoms in total. The molecule has 6 rings (SSSR count). The summed E-state index contributed by atoms with van der Waals surface area (Å²) in [6.07, 6.45) is 0. The fourth-order valence-electron chi connectivity index (χ4n) is 5.16. The maximum absolute atomic E-state index is 14.0. The van der Waals surface area contributed by atoms with E-state index in [2.05, 4.69) is 0 Å². The number of rotatable bonds is 4. The number of esters is 1. The Bertz CT molecular complexity index is 1510. The Kier molecular flexibility index (Phi) is 4.93. The molecule has 2 aliphatic heterocycles. The van der Waals surface area contributed by atoms with Crippen LogP contribution in [0.4, 0.5) is 11.4 Å². The highest BCUT2D eigenvalue weighted by Gasteiger charge is 2.64. The minimum Gasteiger partial charge on any atom is -0.424 e. The third-order valence-corrected chi connectivity index (χ3v) is 6.83. The van der Waals surface area contributed by atoms with Gasteiger partial charge >= 0.3 is 5.97 Å². The Balaban J connectivity index is 1.65. The molecule has 0 saturated heterocycles. The van der Waals surface area contributed by atoms with Crippen LogP contribution >= 0.6 is 0 Å². The molecule has 2 atom stereocenters. The zero-order valence-electron chi connectivity index (χ0n) is 19.4. The van der Waals surface area contributed by atoms with Crippen molar-refractivity contribution < 1.29 is 14.5 Å². The molecule has 0 aliphatic carbocycles. The van der Waals surface area contributed by atoms with Gasteiger partial charge in [-0.2, -0.15) is 5.10 Å². The summed E-state index contributed by atoms with van der Waals surface area (Å²) in [7, 11) is 0. The minimum absolute atomic E-state index is 0.00974. The Morgan fingerprint density at radius 3 is 2.25 bits per heavy atom. The fraction of sp³-hybridized carbons (Fsp3) is 0.103. The number of benzene rings is 4. The molecule has 36 heavy (non-hydrogen) atoms. The zero-order chi connectivity index (χ0) is 24.9. The number of ether oxygens (including phenoxy) is 1. The van der Waals surface area contributed by atoms with E-state index in [0.717, 1.165) is 22.4 Å². The first kappa shape index (κ1) is 21.7. The van der Waals surface area contributed by atoms with Gasteiger partial charge in [-0.05, 0) is 48.4 Å². The average Bonchev–Trinajstić information content (AvgIpc) is 3.41. The number of hydrogen-bond acceptors (Lipinski definition) is 6. The molecule has 0 radical (unpaired) electrons. The van der Waals surface area contributed by atoms with E-state index in [1.807, 2.05) is 79.7 Å². The number of aryl methyl sites for hydroxylation is 1. The zero-order valence-corrected chi connectivity index (χ0v) is 19.4. The van der Waals surface area contributed by atoms with E-state index in [-0.39, 0.29) is 5.69 Å². The van der Waals surface area contributed by atoms with Crippen molar-refractivity contribution in [3.8, 4) is 5.75 Å². The number of carbonyl (C=O) groups is 1. The van der Waals surface area contributed by atoms with Crippen molar-refractivity contribution >= 4 is 23.1 Å². The number of fused-ring (bicyclic) bond motifs is 2. The molecule has 176 valence electrons. The van der Waals surface area contributed by atoms with Crippen molar-refractivity contribution in [3.05, 3.63) is 135 Å². The molecule has 0 unspecified atom stereocenters. The van der Waals surface area contributed by atoms with Gasteiger partial charge in [0.15, 0.2) is 0 Å². The normalized spacial score (nSPS) is 20.2. The highest BCUT2D eigenvalue weighted by molar-refractivity contribution is 6.14. The standard InChI is InChI=1S/C29H21N3O4/c1-19-11-13-20(14-12-19)26-27(21-15-17-23(18-16-21)32(34)35)30-31(22-7-3-2-4-8-22)29(26)24-9-5-6-10-25(24)36-28(29)33/h2-18,26H,1H3/t26-,29+/m1/s1. The van der Waals surface area contributed by atoms with Crippen molar-refractivity contribution in [1.82, 2.24) is 0 Å². The van der Waals surface area contributed by atoms with Gasteiger partial charge in [-0.1, -0.05) is 66.2 Å². The van der Waals surface area contributed by atoms with Crippen LogP contribution in [0.3, 0.4) is 0 Å². The highest BCUT2D eigenvalue weighted by atomic mass is 16.6. The lowest BCUT2D eigenvalue weighted by Crippen LogP contribution is -2.50. The Morgan fingerprint density at radius 1 is 0.889 bits per heavy atom. The van der Waals surface area contributed by atoms with Crippen molar-refractivity contribution in [2.24, 2.45) is 5.10 Å². The number of nitrogens with zero attached hydrogens (tertiary/aromatic N) is 3. The predicted octanol–water partition coefficient (Wildman–Crippen LogP) is 5.73. The van der Waals surface area contributed by atoms with Crippen molar-refractivity contribution in [2.45, 2.75) is 18.4 Å². The summed E-state index contributed by atoms with van der Waals surface area (Å²) in [5.74, 6) is -0.449. The summed E-state index contributed by atoms with van der Waals surface area (Å²) in [5, 5.41) is 18.1. The number of hydrogen-bond donors (Lipinski definition) is 0. The van der Waals surface area contributed by atoms with Crippen LogP contribution in [0.15, 0.2) is 108 Å². The first-order valence-electron chi connectivity index (χ1n) is 11.6. The maximum Gasteiger partial charge on any atom is 0.345 e. The number of nitro benzene ring substituents is 1. The Hall–Kier alpha value is -4.78. The third-order valence-electron chi connectivity index (χ3n) is 6.83. The van der Waals surface area contributed by atoms with Gasteiger partial charge in [0.05, 0.1) is 22.2 Å². The van der Waals surface area contributed by atoms with E-state index in [0.29, 0.717) is 17.0 Å². The largest absolute Gasteiger partial charge is 0.424 e. The number of non-ortho nitro benzene ring substituents is 1. The minimum atomic E-state index is -1.29. The van der Waals surface area contributed by atoms with E-state index >= 15 is 0 Å². The number of hydrazone groups is 1. The van der Waals surface area contributed by atoms with Crippen LogP contribution in [0.2, 0.25) is 0 Å². The first-order valence-corrected chi connectivity index (χ1v) is 11.6. The lowest BCUT2D eigenvalue weighted by atomic mass is 9.72. The second-order valence-electron chi connectivity index (χ2n) is 8.93. The molecule has 0 N–H and O–H groups in total. The van der Waals surface area contributed by atoms with E-state index in [4.69, 9.17) is 9.84 Å². The van der Waals surface area contributed by atoms with Crippen LogP contribution in [-0.2, 0) is 10.3 Å². The number of anilines is 1. The molecule has 0 amide bonds. The van der Waals surface area contributed by atoms with Gasteiger partial charge < -0.3 is 4.74 Å². The SMILES string of the molecule is Cc1ccc([C@@H]2C(c3ccc([N+](=O)[O-])cc3)=NN(c3ccccc3)[C@]23C(=O)Oc2ccccc23)cc1.